The van der Waals surface area contributed by atoms with Crippen LogP contribution in [0.25, 0.3) is 0 Å². The Kier molecular flexibility index (Phi) is 6.62. The maximum Gasteiger partial charge on any atom is 0.407 e. The van der Waals surface area contributed by atoms with Gasteiger partial charge in [0.05, 0.1) is 5.75 Å². The van der Waals surface area contributed by atoms with Crippen LogP contribution in [0.1, 0.15) is 47.5 Å². The largest absolute Gasteiger partial charge is 0.444 e. The first kappa shape index (κ1) is 18.5. The van der Waals surface area contributed by atoms with E-state index in [9.17, 15) is 13.2 Å². The van der Waals surface area contributed by atoms with E-state index in [2.05, 4.69) is 5.32 Å². The smallest absolute Gasteiger partial charge is 0.407 e. The van der Waals surface area contributed by atoms with Crippen molar-refractivity contribution in [2.45, 2.75) is 53.1 Å². The highest BCUT2D eigenvalue weighted by Crippen LogP contribution is 2.25. The van der Waals surface area contributed by atoms with Crippen molar-refractivity contribution in [3.8, 4) is 0 Å². The molecule has 0 saturated carbocycles. The van der Waals surface area contributed by atoms with Gasteiger partial charge in [0.25, 0.3) is 0 Å². The molecule has 0 saturated heterocycles. The number of hydrogen-bond acceptors (Lipinski definition) is 4. The third-order valence-electron chi connectivity index (χ3n) is 2.26. The molecule has 0 radical (unpaired) electrons. The van der Waals surface area contributed by atoms with Crippen molar-refractivity contribution in [1.82, 2.24) is 5.32 Å². The Morgan fingerprint density at radius 1 is 1.21 bits per heavy atom. The number of halogens is 1. The van der Waals surface area contributed by atoms with Crippen molar-refractivity contribution in [2.24, 2.45) is 5.41 Å². The topological polar surface area (TPSA) is 72.5 Å². The van der Waals surface area contributed by atoms with E-state index in [1.807, 2.05) is 13.8 Å². The van der Waals surface area contributed by atoms with Crippen LogP contribution in [0.3, 0.4) is 0 Å². The van der Waals surface area contributed by atoms with Crippen molar-refractivity contribution in [3.05, 3.63) is 0 Å². The summed E-state index contributed by atoms with van der Waals surface area (Å²) >= 11 is 0. The first-order valence-electron chi connectivity index (χ1n) is 6.20. The summed E-state index contributed by atoms with van der Waals surface area (Å²) in [6, 6.07) is 0. The number of ether oxygens (including phenoxy) is 1. The number of carbonyl (C=O) groups excluding carboxylic acids is 1. The molecule has 0 aromatic heterocycles. The number of rotatable bonds is 6. The quantitative estimate of drug-likeness (QED) is 0.604. The summed E-state index contributed by atoms with van der Waals surface area (Å²) in [5, 5.41) is 2.63. The first-order chi connectivity index (χ1) is 8.31. The summed E-state index contributed by atoms with van der Waals surface area (Å²) in [4.78, 5) is 11.4. The Bertz CT molecular complexity index is 398. The SMILES string of the molecule is CC(C)(CCCNC(=O)OC(C)(C)C)CS(=O)(=O)Cl. The number of hydrogen-bond donors (Lipinski definition) is 1. The zero-order valence-electron chi connectivity index (χ0n) is 12.2. The third kappa shape index (κ3) is 12.3. The average Bonchev–Trinajstić information content (AvgIpc) is 2.05. The third-order valence-corrected chi connectivity index (χ3v) is 3.72. The molecule has 1 amide bonds. The zero-order valence-corrected chi connectivity index (χ0v) is 13.8. The van der Waals surface area contributed by atoms with E-state index in [0.29, 0.717) is 19.4 Å². The van der Waals surface area contributed by atoms with Crippen LogP contribution < -0.4 is 5.32 Å². The lowest BCUT2D eigenvalue weighted by molar-refractivity contribution is 0.0525. The summed E-state index contributed by atoms with van der Waals surface area (Å²) < 4.78 is 27.1. The molecule has 5 nitrogen and oxygen atoms in total. The van der Waals surface area contributed by atoms with Crippen molar-refractivity contribution >= 4 is 25.8 Å². The maximum absolute atomic E-state index is 11.4. The van der Waals surface area contributed by atoms with Crippen molar-refractivity contribution in [1.29, 1.82) is 0 Å². The monoisotopic (exact) mass is 313 g/mol. The van der Waals surface area contributed by atoms with E-state index < -0.39 is 26.2 Å². The second-order valence-corrected chi connectivity index (χ2v) is 9.16. The molecule has 0 spiro atoms. The van der Waals surface area contributed by atoms with E-state index in [4.69, 9.17) is 15.4 Å². The Hall–Kier alpha value is -0.490. The van der Waals surface area contributed by atoms with E-state index >= 15 is 0 Å². The maximum atomic E-state index is 11.4. The Labute approximate surface area is 120 Å². The van der Waals surface area contributed by atoms with Gasteiger partial charge in [0.15, 0.2) is 0 Å². The van der Waals surface area contributed by atoms with Crippen molar-refractivity contribution < 1.29 is 17.9 Å². The molecule has 0 rings (SSSR count). The van der Waals surface area contributed by atoms with Gasteiger partial charge >= 0.3 is 6.09 Å². The summed E-state index contributed by atoms with van der Waals surface area (Å²) in [7, 11) is 1.74. The molecule has 0 bridgehead atoms. The molecule has 0 aliphatic carbocycles. The molecule has 0 aliphatic heterocycles. The minimum Gasteiger partial charge on any atom is -0.444 e. The molecule has 0 aliphatic rings. The van der Waals surface area contributed by atoms with Crippen LogP contribution in [-0.4, -0.2) is 32.4 Å². The van der Waals surface area contributed by atoms with Gasteiger partial charge in [0, 0.05) is 17.2 Å². The molecule has 7 heteroatoms. The Morgan fingerprint density at radius 2 is 1.74 bits per heavy atom. The fraction of sp³-hybridized carbons (Fsp3) is 0.917. The second-order valence-electron chi connectivity index (χ2n) is 6.38. The van der Waals surface area contributed by atoms with Gasteiger partial charge in [-0.15, -0.1) is 0 Å². The van der Waals surface area contributed by atoms with Crippen LogP contribution in [0.2, 0.25) is 0 Å². The van der Waals surface area contributed by atoms with Crippen LogP contribution in [0.4, 0.5) is 4.79 Å². The number of carbonyl (C=O) groups is 1. The van der Waals surface area contributed by atoms with Gasteiger partial charge in [-0.25, -0.2) is 13.2 Å². The Balaban J connectivity index is 3.95. The summed E-state index contributed by atoms with van der Waals surface area (Å²) in [5.74, 6) is -0.0754. The summed E-state index contributed by atoms with van der Waals surface area (Å²) in [6.45, 7) is 9.49. The number of nitrogens with one attached hydrogen (secondary N) is 1. The normalized spacial score (nSPS) is 13.2. The van der Waals surface area contributed by atoms with Gasteiger partial charge in [-0.3, -0.25) is 0 Å². The van der Waals surface area contributed by atoms with Gasteiger partial charge in [-0.2, -0.15) is 0 Å². The predicted molar refractivity (Wildman–Crippen MR) is 76.9 cm³/mol. The standard InChI is InChI=1S/C12H24ClNO4S/c1-11(2,3)18-10(15)14-8-6-7-12(4,5)9-19(13,16)17/h6-9H2,1-5H3,(H,14,15). The summed E-state index contributed by atoms with van der Waals surface area (Å²) in [6.07, 6.45) is 0.850. The minimum absolute atomic E-state index is 0.0754. The molecule has 1 N–H and O–H groups in total. The molecule has 0 atom stereocenters. The number of amides is 1. The molecule has 19 heavy (non-hydrogen) atoms. The van der Waals surface area contributed by atoms with Gasteiger partial charge in [0.1, 0.15) is 5.60 Å². The van der Waals surface area contributed by atoms with Crippen molar-refractivity contribution in [2.75, 3.05) is 12.3 Å². The van der Waals surface area contributed by atoms with E-state index in [0.717, 1.165) is 0 Å². The van der Waals surface area contributed by atoms with Gasteiger partial charge in [0.2, 0.25) is 9.05 Å². The van der Waals surface area contributed by atoms with Gasteiger partial charge in [-0.05, 0) is 39.0 Å². The number of alkyl carbamates (subject to hydrolysis) is 1. The van der Waals surface area contributed by atoms with E-state index in [1.165, 1.54) is 0 Å². The minimum atomic E-state index is -3.50. The fourth-order valence-corrected chi connectivity index (χ4v) is 3.57. The molecule has 0 unspecified atom stereocenters. The van der Waals surface area contributed by atoms with Gasteiger partial charge < -0.3 is 10.1 Å². The van der Waals surface area contributed by atoms with Crippen LogP contribution in [0, 0.1) is 5.41 Å². The van der Waals surface area contributed by atoms with Crippen LogP contribution in [-0.2, 0) is 13.8 Å². The predicted octanol–water partition coefficient (Wildman–Crippen LogP) is 2.89. The molecule has 0 aromatic carbocycles. The lowest BCUT2D eigenvalue weighted by Crippen LogP contribution is -2.33. The highest BCUT2D eigenvalue weighted by molar-refractivity contribution is 8.13. The molecule has 0 heterocycles. The highest BCUT2D eigenvalue weighted by Gasteiger charge is 2.24. The Morgan fingerprint density at radius 3 is 2.16 bits per heavy atom. The fourth-order valence-electron chi connectivity index (χ4n) is 1.61. The average molecular weight is 314 g/mol. The lowest BCUT2D eigenvalue weighted by Gasteiger charge is -2.23. The summed E-state index contributed by atoms with van der Waals surface area (Å²) in [5.41, 5.74) is -0.924. The van der Waals surface area contributed by atoms with Crippen LogP contribution in [0.15, 0.2) is 0 Å². The van der Waals surface area contributed by atoms with Gasteiger partial charge in [-0.1, -0.05) is 13.8 Å². The van der Waals surface area contributed by atoms with E-state index in [-0.39, 0.29) is 5.75 Å². The molecule has 114 valence electrons. The second kappa shape index (κ2) is 6.79. The molecule has 0 aromatic rings. The molecular formula is C12H24ClNO4S. The molecular weight excluding hydrogens is 290 g/mol. The zero-order chi connectivity index (χ0) is 15.3. The molecule has 0 fully saturated rings. The first-order valence-corrected chi connectivity index (χ1v) is 8.68. The van der Waals surface area contributed by atoms with Crippen molar-refractivity contribution in [3.63, 3.8) is 0 Å². The van der Waals surface area contributed by atoms with Crippen LogP contribution in [0.5, 0.6) is 0 Å². The lowest BCUT2D eigenvalue weighted by atomic mass is 9.90. The van der Waals surface area contributed by atoms with E-state index in [1.54, 1.807) is 20.8 Å². The highest BCUT2D eigenvalue weighted by atomic mass is 35.7. The van der Waals surface area contributed by atoms with Crippen LogP contribution >= 0.6 is 10.7 Å².